The molecule has 5 nitrogen and oxygen atoms in total. The van der Waals surface area contributed by atoms with E-state index in [4.69, 9.17) is 9.47 Å². The number of rotatable bonds is 0. The fourth-order valence-electron chi connectivity index (χ4n) is 0.822. The van der Waals surface area contributed by atoms with Crippen LogP contribution in [0.5, 0.6) is 0 Å². The van der Waals surface area contributed by atoms with Crippen molar-refractivity contribution in [1.82, 2.24) is 0 Å². The molecule has 13 heavy (non-hydrogen) atoms. The van der Waals surface area contributed by atoms with E-state index in [0.29, 0.717) is 20.0 Å². The number of hydrogen-bond donors (Lipinski definition) is 0. The third kappa shape index (κ3) is 4.10. The summed E-state index contributed by atoms with van der Waals surface area (Å²) in [5.74, 6) is 0. The molecule has 0 radical (unpaired) electrons. The van der Waals surface area contributed by atoms with Gasteiger partial charge in [-0.15, -0.1) is 0 Å². The highest BCUT2D eigenvalue weighted by Gasteiger charge is 2.23. The number of carbonyl (C=O) groups is 1. The SMILES string of the molecule is CC1(C)COCO1.O=C1OCCO1. The lowest BCUT2D eigenvalue weighted by molar-refractivity contribution is 0.0121. The fraction of sp³-hybridized carbons (Fsp3) is 0.875. The van der Waals surface area contributed by atoms with Crippen molar-refractivity contribution < 1.29 is 23.7 Å². The van der Waals surface area contributed by atoms with E-state index >= 15 is 0 Å². The molecule has 2 aliphatic rings. The molecule has 76 valence electrons. The van der Waals surface area contributed by atoms with E-state index in [9.17, 15) is 4.79 Å². The minimum absolute atomic E-state index is 0.0278. The summed E-state index contributed by atoms with van der Waals surface area (Å²) in [5.41, 5.74) is -0.0278. The van der Waals surface area contributed by atoms with E-state index in [-0.39, 0.29) is 5.60 Å². The first-order chi connectivity index (χ1) is 6.10. The average Bonchev–Trinajstić information content (AvgIpc) is 2.62. The van der Waals surface area contributed by atoms with Crippen LogP contribution in [0.2, 0.25) is 0 Å². The van der Waals surface area contributed by atoms with Crippen molar-refractivity contribution >= 4 is 6.16 Å². The van der Waals surface area contributed by atoms with Crippen LogP contribution in [0.25, 0.3) is 0 Å². The fourth-order valence-corrected chi connectivity index (χ4v) is 0.822. The van der Waals surface area contributed by atoms with Gasteiger partial charge in [-0.3, -0.25) is 0 Å². The summed E-state index contributed by atoms with van der Waals surface area (Å²) in [6.45, 7) is 6.05. The second-order valence-corrected chi connectivity index (χ2v) is 3.32. The molecular formula is C8H14O5. The standard InChI is InChI=1S/C5H10O2.C3H4O3/c1-5(2)3-6-4-7-5;4-3-5-1-2-6-3/h3-4H2,1-2H3;1-2H2. The topological polar surface area (TPSA) is 54.0 Å². The number of hydrogen-bond acceptors (Lipinski definition) is 5. The first-order valence-electron chi connectivity index (χ1n) is 4.11. The van der Waals surface area contributed by atoms with Crippen molar-refractivity contribution in [2.45, 2.75) is 19.4 Å². The Morgan fingerprint density at radius 1 is 1.23 bits per heavy atom. The van der Waals surface area contributed by atoms with Gasteiger partial charge in [-0.25, -0.2) is 4.79 Å². The second kappa shape index (κ2) is 4.43. The normalized spacial score (nSPS) is 24.3. The Bertz CT molecular complexity index is 161. The molecule has 0 aromatic rings. The number of carbonyl (C=O) groups excluding carboxylic acids is 1. The number of cyclic esters (lactones) is 2. The highest BCUT2D eigenvalue weighted by atomic mass is 16.8. The Hall–Kier alpha value is -0.810. The first kappa shape index (κ1) is 10.3. The molecule has 2 aliphatic heterocycles. The second-order valence-electron chi connectivity index (χ2n) is 3.32. The molecule has 0 N–H and O–H groups in total. The van der Waals surface area contributed by atoms with E-state index in [1.54, 1.807) is 0 Å². The molecule has 0 saturated carbocycles. The molecule has 2 fully saturated rings. The van der Waals surface area contributed by atoms with Crippen molar-refractivity contribution in [3.05, 3.63) is 0 Å². The Morgan fingerprint density at radius 3 is 2.00 bits per heavy atom. The lowest BCUT2D eigenvalue weighted by Crippen LogP contribution is -2.20. The molecule has 0 spiro atoms. The molecule has 0 aromatic heterocycles. The van der Waals surface area contributed by atoms with E-state index in [1.165, 1.54) is 0 Å². The van der Waals surface area contributed by atoms with Crippen molar-refractivity contribution in [2.75, 3.05) is 26.6 Å². The molecule has 5 heteroatoms. The molecular weight excluding hydrogens is 176 g/mol. The summed E-state index contributed by atoms with van der Waals surface area (Å²) in [4.78, 5) is 9.80. The maximum absolute atomic E-state index is 9.80. The lowest BCUT2D eigenvalue weighted by Gasteiger charge is -2.11. The summed E-state index contributed by atoms with van der Waals surface area (Å²) in [7, 11) is 0. The molecule has 2 rings (SSSR count). The minimum atomic E-state index is -0.546. The van der Waals surface area contributed by atoms with Gasteiger partial charge >= 0.3 is 6.16 Å². The van der Waals surface area contributed by atoms with Crippen LogP contribution >= 0.6 is 0 Å². The van der Waals surface area contributed by atoms with Crippen molar-refractivity contribution in [1.29, 1.82) is 0 Å². The van der Waals surface area contributed by atoms with Gasteiger partial charge in [0.05, 0.1) is 12.2 Å². The summed E-state index contributed by atoms with van der Waals surface area (Å²) in [6, 6.07) is 0. The molecule has 0 amide bonds. The minimum Gasteiger partial charge on any atom is -0.431 e. The van der Waals surface area contributed by atoms with Gasteiger partial charge in [-0.2, -0.15) is 0 Å². The van der Waals surface area contributed by atoms with Gasteiger partial charge < -0.3 is 18.9 Å². The quantitative estimate of drug-likeness (QED) is 0.532. The van der Waals surface area contributed by atoms with Crippen LogP contribution in [-0.2, 0) is 18.9 Å². The first-order valence-corrected chi connectivity index (χ1v) is 4.11. The van der Waals surface area contributed by atoms with E-state index in [2.05, 4.69) is 9.47 Å². The average molecular weight is 190 g/mol. The molecule has 0 aromatic carbocycles. The van der Waals surface area contributed by atoms with Crippen molar-refractivity contribution in [2.24, 2.45) is 0 Å². The van der Waals surface area contributed by atoms with Gasteiger partial charge in [-0.1, -0.05) is 0 Å². The van der Waals surface area contributed by atoms with Crippen LogP contribution in [0.15, 0.2) is 0 Å². The maximum Gasteiger partial charge on any atom is 0.508 e. The van der Waals surface area contributed by atoms with Gasteiger partial charge in [-0.05, 0) is 13.8 Å². The van der Waals surface area contributed by atoms with Gasteiger partial charge in [0.25, 0.3) is 0 Å². The third-order valence-electron chi connectivity index (χ3n) is 1.51. The van der Waals surface area contributed by atoms with E-state index in [1.807, 2.05) is 13.8 Å². The zero-order valence-corrected chi connectivity index (χ0v) is 7.87. The van der Waals surface area contributed by atoms with E-state index in [0.717, 1.165) is 6.61 Å². The highest BCUT2D eigenvalue weighted by Crippen LogP contribution is 2.14. The molecule has 0 unspecified atom stereocenters. The number of ether oxygens (including phenoxy) is 4. The van der Waals surface area contributed by atoms with Crippen molar-refractivity contribution in [3.63, 3.8) is 0 Å². The summed E-state index contributed by atoms with van der Waals surface area (Å²) >= 11 is 0. The predicted molar refractivity (Wildman–Crippen MR) is 43.3 cm³/mol. The molecule has 0 bridgehead atoms. The Kier molecular flexibility index (Phi) is 3.50. The van der Waals surface area contributed by atoms with Gasteiger partial charge in [0.1, 0.15) is 20.0 Å². The largest absolute Gasteiger partial charge is 0.508 e. The summed E-state index contributed by atoms with van der Waals surface area (Å²) in [6.07, 6.45) is -0.546. The van der Waals surface area contributed by atoms with Crippen LogP contribution < -0.4 is 0 Å². The Labute approximate surface area is 76.9 Å². The summed E-state index contributed by atoms with van der Waals surface area (Å²) < 4.78 is 18.6. The molecule has 2 saturated heterocycles. The monoisotopic (exact) mass is 190 g/mol. The smallest absolute Gasteiger partial charge is 0.431 e. The van der Waals surface area contributed by atoms with Gasteiger partial charge in [0.15, 0.2) is 0 Å². The van der Waals surface area contributed by atoms with Gasteiger partial charge in [0, 0.05) is 0 Å². The van der Waals surface area contributed by atoms with Crippen LogP contribution in [0.1, 0.15) is 13.8 Å². The van der Waals surface area contributed by atoms with Crippen molar-refractivity contribution in [3.8, 4) is 0 Å². The zero-order chi connectivity index (χ0) is 9.73. The van der Waals surface area contributed by atoms with Crippen LogP contribution in [0.3, 0.4) is 0 Å². The third-order valence-corrected chi connectivity index (χ3v) is 1.51. The Balaban J connectivity index is 0.000000132. The predicted octanol–water partition coefficient (Wildman–Crippen LogP) is 0.922. The van der Waals surface area contributed by atoms with E-state index < -0.39 is 6.16 Å². The summed E-state index contributed by atoms with van der Waals surface area (Å²) in [5, 5.41) is 0. The zero-order valence-electron chi connectivity index (χ0n) is 7.87. The molecule has 2 heterocycles. The Morgan fingerprint density at radius 2 is 1.85 bits per heavy atom. The molecule has 0 aliphatic carbocycles. The highest BCUT2D eigenvalue weighted by molar-refractivity contribution is 5.61. The maximum atomic E-state index is 9.80. The van der Waals surface area contributed by atoms with Gasteiger partial charge in [0.2, 0.25) is 0 Å². The van der Waals surface area contributed by atoms with Crippen LogP contribution in [0, 0.1) is 0 Å². The van der Waals surface area contributed by atoms with Crippen LogP contribution in [0.4, 0.5) is 4.79 Å². The molecule has 0 atom stereocenters. The lowest BCUT2D eigenvalue weighted by atomic mass is 10.2. The van der Waals surface area contributed by atoms with Crippen LogP contribution in [-0.4, -0.2) is 38.4 Å².